The molecule has 0 saturated heterocycles. The second-order valence-corrected chi connectivity index (χ2v) is 7.69. The van der Waals surface area contributed by atoms with Gasteiger partial charge in [-0.1, -0.05) is 39.3 Å². The first-order valence-corrected chi connectivity index (χ1v) is 7.09. The van der Waals surface area contributed by atoms with E-state index in [0.717, 1.165) is 5.92 Å². The number of hydrogen-bond donors (Lipinski definition) is 0. The van der Waals surface area contributed by atoms with Gasteiger partial charge in [0.25, 0.3) is 0 Å². The van der Waals surface area contributed by atoms with Gasteiger partial charge in [0.05, 0.1) is 6.10 Å². The zero-order chi connectivity index (χ0) is 12.5. The second kappa shape index (κ2) is 3.17. The maximum Gasteiger partial charge on any atom is 0.0760 e. The summed E-state index contributed by atoms with van der Waals surface area (Å²) < 4.78 is 5.66. The van der Waals surface area contributed by atoms with Crippen LogP contribution in [-0.4, -0.2) is 13.2 Å². The summed E-state index contributed by atoms with van der Waals surface area (Å²) in [5.41, 5.74) is 3.03. The highest BCUT2D eigenvalue weighted by atomic mass is 16.5. The van der Waals surface area contributed by atoms with E-state index in [9.17, 15) is 0 Å². The fourth-order valence-electron chi connectivity index (χ4n) is 5.19. The van der Waals surface area contributed by atoms with Crippen molar-refractivity contribution in [2.24, 2.45) is 22.2 Å². The maximum atomic E-state index is 5.66. The van der Waals surface area contributed by atoms with Gasteiger partial charge < -0.3 is 4.74 Å². The Morgan fingerprint density at radius 1 is 1.18 bits per heavy atom. The molecule has 2 saturated carbocycles. The van der Waals surface area contributed by atoms with Crippen LogP contribution in [0, 0.1) is 22.2 Å². The predicted molar refractivity (Wildman–Crippen MR) is 70.8 cm³/mol. The largest absolute Gasteiger partial charge is 0.377 e. The number of allylic oxidation sites excluding steroid dienone is 1. The molecular formula is C16H26O. The summed E-state index contributed by atoms with van der Waals surface area (Å²) in [6, 6.07) is 0. The molecule has 0 unspecified atom stereocenters. The lowest BCUT2D eigenvalue weighted by molar-refractivity contribution is 0.0141. The van der Waals surface area contributed by atoms with E-state index < -0.39 is 0 Å². The van der Waals surface area contributed by atoms with Crippen LogP contribution in [0.3, 0.4) is 0 Å². The SMILES string of the molecule is CO[C@@H]1C=C2C(C)(C)[C@H]3CC[C@@]2(C3)C(C)(C)C1. The third-order valence-electron chi connectivity index (χ3n) is 6.41. The van der Waals surface area contributed by atoms with Crippen molar-refractivity contribution >= 4 is 0 Å². The molecule has 0 aromatic rings. The molecule has 96 valence electrons. The molecule has 0 heterocycles. The van der Waals surface area contributed by atoms with Crippen LogP contribution in [0.25, 0.3) is 0 Å². The van der Waals surface area contributed by atoms with Gasteiger partial charge in [0.15, 0.2) is 0 Å². The van der Waals surface area contributed by atoms with Gasteiger partial charge in [0.2, 0.25) is 0 Å². The minimum atomic E-state index is 0.337. The molecule has 0 aromatic heterocycles. The van der Waals surface area contributed by atoms with E-state index in [1.54, 1.807) is 5.57 Å². The van der Waals surface area contributed by atoms with Gasteiger partial charge in [0.1, 0.15) is 0 Å². The minimum absolute atomic E-state index is 0.337. The van der Waals surface area contributed by atoms with Crippen molar-refractivity contribution in [3.63, 3.8) is 0 Å². The Balaban J connectivity index is 2.14. The van der Waals surface area contributed by atoms with E-state index in [-0.39, 0.29) is 0 Å². The average Bonchev–Trinajstić information content (AvgIpc) is 2.75. The molecule has 0 radical (unpaired) electrons. The van der Waals surface area contributed by atoms with Gasteiger partial charge in [-0.25, -0.2) is 0 Å². The predicted octanol–water partition coefficient (Wildman–Crippen LogP) is 4.18. The minimum Gasteiger partial charge on any atom is -0.377 e. The fraction of sp³-hybridized carbons (Fsp3) is 0.875. The molecule has 2 fully saturated rings. The van der Waals surface area contributed by atoms with Crippen LogP contribution in [0.4, 0.5) is 0 Å². The first-order chi connectivity index (χ1) is 7.83. The monoisotopic (exact) mass is 234 g/mol. The van der Waals surface area contributed by atoms with Crippen molar-refractivity contribution in [2.45, 2.75) is 59.5 Å². The molecule has 3 aliphatic carbocycles. The third-order valence-corrected chi connectivity index (χ3v) is 6.41. The first kappa shape index (κ1) is 11.8. The summed E-state index contributed by atoms with van der Waals surface area (Å²) in [6.45, 7) is 9.85. The molecule has 3 rings (SSSR count). The summed E-state index contributed by atoms with van der Waals surface area (Å²) >= 11 is 0. The zero-order valence-corrected chi connectivity index (χ0v) is 12.0. The molecule has 17 heavy (non-hydrogen) atoms. The van der Waals surface area contributed by atoms with Crippen LogP contribution in [0.2, 0.25) is 0 Å². The van der Waals surface area contributed by atoms with Gasteiger partial charge in [0, 0.05) is 7.11 Å². The molecule has 0 aliphatic heterocycles. The topological polar surface area (TPSA) is 9.23 Å². The Bertz CT molecular complexity index is 377. The summed E-state index contributed by atoms with van der Waals surface area (Å²) in [5.74, 6) is 0.906. The van der Waals surface area contributed by atoms with Crippen LogP contribution in [0.5, 0.6) is 0 Å². The highest BCUT2D eigenvalue weighted by Gasteiger charge is 2.64. The molecule has 3 atom stereocenters. The molecule has 0 amide bonds. The molecular weight excluding hydrogens is 208 g/mol. The maximum absolute atomic E-state index is 5.66. The van der Waals surface area contributed by atoms with Crippen molar-refractivity contribution in [3.05, 3.63) is 11.6 Å². The van der Waals surface area contributed by atoms with Crippen LogP contribution in [0.1, 0.15) is 53.4 Å². The van der Waals surface area contributed by atoms with E-state index in [4.69, 9.17) is 4.74 Å². The van der Waals surface area contributed by atoms with Gasteiger partial charge in [-0.3, -0.25) is 0 Å². The molecule has 2 bridgehead atoms. The van der Waals surface area contributed by atoms with E-state index in [2.05, 4.69) is 33.8 Å². The fourth-order valence-corrected chi connectivity index (χ4v) is 5.19. The van der Waals surface area contributed by atoms with E-state index in [1.165, 1.54) is 25.7 Å². The van der Waals surface area contributed by atoms with Gasteiger partial charge in [-0.05, 0) is 47.8 Å². The Kier molecular flexibility index (Phi) is 2.20. The number of ether oxygens (including phenoxy) is 1. The highest BCUT2D eigenvalue weighted by molar-refractivity contribution is 5.38. The lowest BCUT2D eigenvalue weighted by Gasteiger charge is -2.52. The summed E-state index contributed by atoms with van der Waals surface area (Å²) in [5, 5.41) is 0. The summed E-state index contributed by atoms with van der Waals surface area (Å²) in [4.78, 5) is 0. The summed E-state index contributed by atoms with van der Waals surface area (Å²) in [6.07, 6.45) is 8.28. The van der Waals surface area contributed by atoms with Crippen molar-refractivity contribution in [1.29, 1.82) is 0 Å². The molecule has 0 N–H and O–H groups in total. The lowest BCUT2D eigenvalue weighted by Crippen LogP contribution is -2.45. The summed E-state index contributed by atoms with van der Waals surface area (Å²) in [7, 11) is 1.86. The third kappa shape index (κ3) is 1.24. The van der Waals surface area contributed by atoms with Crippen LogP contribution >= 0.6 is 0 Å². The zero-order valence-electron chi connectivity index (χ0n) is 12.0. The molecule has 1 spiro atoms. The van der Waals surface area contributed by atoms with Gasteiger partial charge in [-0.2, -0.15) is 0 Å². The Morgan fingerprint density at radius 3 is 2.53 bits per heavy atom. The van der Waals surface area contributed by atoms with E-state index in [0.29, 0.717) is 22.3 Å². The Hall–Kier alpha value is -0.300. The molecule has 0 aromatic carbocycles. The normalized spacial score (nSPS) is 45.6. The van der Waals surface area contributed by atoms with Crippen LogP contribution in [-0.2, 0) is 4.74 Å². The quantitative estimate of drug-likeness (QED) is 0.618. The van der Waals surface area contributed by atoms with Crippen molar-refractivity contribution < 1.29 is 4.74 Å². The number of fused-ring (bicyclic) bond motifs is 1. The number of rotatable bonds is 1. The van der Waals surface area contributed by atoms with Crippen LogP contribution in [0.15, 0.2) is 11.6 Å². The van der Waals surface area contributed by atoms with E-state index in [1.807, 2.05) is 7.11 Å². The molecule has 3 aliphatic rings. The highest BCUT2D eigenvalue weighted by Crippen LogP contribution is 2.73. The van der Waals surface area contributed by atoms with Crippen molar-refractivity contribution in [2.75, 3.05) is 7.11 Å². The van der Waals surface area contributed by atoms with Crippen molar-refractivity contribution in [1.82, 2.24) is 0 Å². The Labute approximate surface area is 106 Å². The number of hydrogen-bond acceptors (Lipinski definition) is 1. The number of methoxy groups -OCH3 is 1. The van der Waals surface area contributed by atoms with Gasteiger partial charge >= 0.3 is 0 Å². The lowest BCUT2D eigenvalue weighted by atomic mass is 9.53. The standard InChI is InChI=1S/C16H26O/c1-14(2)10-12(17-5)8-13-15(3,4)11-6-7-16(13,14)9-11/h8,11-12H,6-7,9-10H2,1-5H3/t11-,12+,16-/m0/s1. The van der Waals surface area contributed by atoms with Crippen molar-refractivity contribution in [3.8, 4) is 0 Å². The van der Waals surface area contributed by atoms with Crippen LogP contribution < -0.4 is 0 Å². The van der Waals surface area contributed by atoms with E-state index >= 15 is 0 Å². The van der Waals surface area contributed by atoms with Gasteiger partial charge in [-0.15, -0.1) is 0 Å². The average molecular weight is 234 g/mol. The smallest absolute Gasteiger partial charge is 0.0760 e. The first-order valence-electron chi connectivity index (χ1n) is 7.09. The second-order valence-electron chi connectivity index (χ2n) is 7.69. The Morgan fingerprint density at radius 2 is 1.88 bits per heavy atom. The molecule has 1 heteroatoms. The molecule has 1 nitrogen and oxygen atoms in total.